The minimum absolute atomic E-state index is 0.0228. The van der Waals surface area contributed by atoms with Crippen molar-refractivity contribution in [3.05, 3.63) is 52.7 Å². The molecule has 2 aliphatic rings. The highest BCUT2D eigenvalue weighted by Crippen LogP contribution is 2.28. The molecule has 0 saturated carbocycles. The number of carbonyl (C=O) groups is 1. The molecule has 1 aromatic heterocycles. The molecule has 0 aliphatic carbocycles. The summed E-state index contributed by atoms with van der Waals surface area (Å²) in [6.45, 7) is 1.62. The smallest absolute Gasteiger partial charge is 0.289 e. The quantitative estimate of drug-likeness (QED) is 0.711. The molecule has 2 saturated heterocycles. The average Bonchev–Trinajstić information content (AvgIpc) is 3.40. The van der Waals surface area contributed by atoms with Gasteiger partial charge in [0.25, 0.3) is 15.9 Å². The highest BCUT2D eigenvalue weighted by atomic mass is 35.5. The maximum atomic E-state index is 13.0. The fraction of sp³-hybridized carbons (Fsp3) is 0.476. The van der Waals surface area contributed by atoms with Gasteiger partial charge in [0, 0.05) is 30.7 Å². The zero-order valence-electron chi connectivity index (χ0n) is 16.2. The zero-order valence-corrected chi connectivity index (χ0v) is 17.8. The topological polar surface area (TPSA) is 70.8 Å². The monoisotopic (exact) mass is 436 g/mol. The molecule has 1 unspecified atom stereocenters. The third-order valence-corrected chi connectivity index (χ3v) is 7.89. The lowest BCUT2D eigenvalue weighted by Crippen LogP contribution is -2.37. The summed E-state index contributed by atoms with van der Waals surface area (Å²) in [6.07, 6.45) is 5.20. The predicted molar refractivity (Wildman–Crippen MR) is 111 cm³/mol. The van der Waals surface area contributed by atoms with Gasteiger partial charge in [-0.25, -0.2) is 8.42 Å². The first-order chi connectivity index (χ1) is 14.0. The number of sulfonamides is 1. The Labute approximate surface area is 176 Å². The van der Waals surface area contributed by atoms with Gasteiger partial charge in [0.1, 0.15) is 0 Å². The first kappa shape index (κ1) is 20.4. The van der Waals surface area contributed by atoms with Gasteiger partial charge >= 0.3 is 0 Å². The molecular weight excluding hydrogens is 412 g/mol. The molecule has 2 aliphatic heterocycles. The average molecular weight is 437 g/mol. The molecule has 29 heavy (non-hydrogen) atoms. The second-order valence-corrected chi connectivity index (χ2v) is 9.95. The summed E-state index contributed by atoms with van der Waals surface area (Å²) in [5, 5.41) is 0.546. The maximum absolute atomic E-state index is 13.0. The van der Waals surface area contributed by atoms with Crippen molar-refractivity contribution in [2.45, 2.75) is 49.7 Å². The van der Waals surface area contributed by atoms with Gasteiger partial charge in [-0.1, -0.05) is 36.2 Å². The number of amides is 1. The van der Waals surface area contributed by atoms with Gasteiger partial charge < -0.3 is 9.32 Å². The molecule has 1 atom stereocenters. The summed E-state index contributed by atoms with van der Waals surface area (Å²) in [5.74, 6) is -0.189. The Bertz CT molecular complexity index is 982. The maximum Gasteiger partial charge on any atom is 0.289 e. The highest BCUT2D eigenvalue weighted by Gasteiger charge is 2.34. The van der Waals surface area contributed by atoms with Crippen LogP contribution in [0.1, 0.15) is 48.2 Å². The molecule has 8 heteroatoms. The molecule has 2 aromatic rings. The normalized spacial score (nSPS) is 20.9. The Balaban J connectivity index is 1.50. The second kappa shape index (κ2) is 8.50. The van der Waals surface area contributed by atoms with E-state index >= 15 is 0 Å². The summed E-state index contributed by atoms with van der Waals surface area (Å²) in [5.41, 5.74) is 1.01. The van der Waals surface area contributed by atoms with E-state index < -0.39 is 10.0 Å². The van der Waals surface area contributed by atoms with Gasteiger partial charge in [0.2, 0.25) is 5.09 Å². The SMILES string of the molecule is O=C(c1ccc(S(=O)(=O)N2CCCCC2)o1)N1CCCC1Cc1ccccc1Cl. The third kappa shape index (κ3) is 4.22. The molecule has 0 bridgehead atoms. The van der Waals surface area contributed by atoms with Crippen LogP contribution in [-0.2, 0) is 16.4 Å². The summed E-state index contributed by atoms with van der Waals surface area (Å²) >= 11 is 6.28. The minimum atomic E-state index is -3.69. The van der Waals surface area contributed by atoms with Crippen molar-refractivity contribution in [3.63, 3.8) is 0 Å². The van der Waals surface area contributed by atoms with E-state index in [0.29, 0.717) is 31.1 Å². The van der Waals surface area contributed by atoms with E-state index in [4.69, 9.17) is 16.0 Å². The number of hydrogen-bond acceptors (Lipinski definition) is 4. The van der Waals surface area contributed by atoms with Crippen LogP contribution in [0, 0.1) is 0 Å². The number of furan rings is 1. The van der Waals surface area contributed by atoms with Gasteiger partial charge in [0.15, 0.2) is 5.76 Å². The summed E-state index contributed by atoms with van der Waals surface area (Å²) < 4.78 is 32.6. The number of piperidine rings is 1. The van der Waals surface area contributed by atoms with E-state index in [1.807, 2.05) is 24.3 Å². The Kier molecular flexibility index (Phi) is 5.99. The van der Waals surface area contributed by atoms with Crippen molar-refractivity contribution < 1.29 is 17.6 Å². The Hall–Kier alpha value is -1.83. The Morgan fingerprint density at radius 1 is 1.03 bits per heavy atom. The molecule has 6 nitrogen and oxygen atoms in total. The summed E-state index contributed by atoms with van der Waals surface area (Å²) in [7, 11) is -3.69. The van der Waals surface area contributed by atoms with Crippen molar-refractivity contribution in [2.24, 2.45) is 0 Å². The third-order valence-electron chi connectivity index (χ3n) is 5.75. The first-order valence-electron chi connectivity index (χ1n) is 10.1. The van der Waals surface area contributed by atoms with E-state index in [9.17, 15) is 13.2 Å². The van der Waals surface area contributed by atoms with Crippen LogP contribution in [0.4, 0.5) is 0 Å². The number of rotatable bonds is 5. The van der Waals surface area contributed by atoms with Gasteiger partial charge in [0.05, 0.1) is 0 Å². The van der Waals surface area contributed by atoms with Gasteiger partial charge in [-0.05, 0) is 55.9 Å². The lowest BCUT2D eigenvalue weighted by Gasteiger charge is -2.25. The standard InChI is InChI=1S/C21H25ClN2O4S/c22-18-9-3-2-7-16(18)15-17-8-6-14-24(17)21(25)19-10-11-20(28-19)29(26,27)23-12-4-1-5-13-23/h2-3,7,9-11,17H,1,4-6,8,12-15H2. The zero-order chi connectivity index (χ0) is 20.4. The Morgan fingerprint density at radius 3 is 2.55 bits per heavy atom. The molecule has 1 aromatic carbocycles. The lowest BCUT2D eigenvalue weighted by molar-refractivity contribution is 0.0698. The highest BCUT2D eigenvalue weighted by molar-refractivity contribution is 7.89. The van der Waals surface area contributed by atoms with Crippen LogP contribution in [0.5, 0.6) is 0 Å². The molecular formula is C21H25ClN2O4S. The fourth-order valence-corrected chi connectivity index (χ4v) is 5.82. The fourth-order valence-electron chi connectivity index (χ4n) is 4.18. The van der Waals surface area contributed by atoms with Crippen LogP contribution in [0.3, 0.4) is 0 Å². The van der Waals surface area contributed by atoms with E-state index in [1.165, 1.54) is 16.4 Å². The van der Waals surface area contributed by atoms with Crippen LogP contribution >= 0.6 is 11.6 Å². The van der Waals surface area contributed by atoms with Gasteiger partial charge in [-0.3, -0.25) is 4.79 Å². The van der Waals surface area contributed by atoms with E-state index in [1.54, 1.807) is 4.90 Å². The second-order valence-electron chi connectivity index (χ2n) is 7.67. The lowest BCUT2D eigenvalue weighted by atomic mass is 10.0. The van der Waals surface area contributed by atoms with E-state index in [-0.39, 0.29) is 22.8 Å². The number of carbonyl (C=O) groups excluding carboxylic acids is 1. The molecule has 0 N–H and O–H groups in total. The number of nitrogens with zero attached hydrogens (tertiary/aromatic N) is 2. The van der Waals surface area contributed by atoms with Crippen LogP contribution in [-0.4, -0.2) is 49.2 Å². The first-order valence-corrected chi connectivity index (χ1v) is 11.9. The van der Waals surface area contributed by atoms with E-state index in [2.05, 4.69) is 0 Å². The van der Waals surface area contributed by atoms with E-state index in [0.717, 1.165) is 37.7 Å². The van der Waals surface area contributed by atoms with Crippen LogP contribution in [0.15, 0.2) is 45.9 Å². The van der Waals surface area contributed by atoms with Gasteiger partial charge in [-0.15, -0.1) is 0 Å². The molecule has 4 rings (SSSR count). The van der Waals surface area contributed by atoms with Crippen molar-refractivity contribution in [2.75, 3.05) is 19.6 Å². The Morgan fingerprint density at radius 2 is 1.79 bits per heavy atom. The minimum Gasteiger partial charge on any atom is -0.438 e. The van der Waals surface area contributed by atoms with Crippen molar-refractivity contribution in [1.82, 2.24) is 9.21 Å². The predicted octanol–water partition coefficient (Wildman–Crippen LogP) is 3.95. The summed E-state index contributed by atoms with van der Waals surface area (Å²) in [6, 6.07) is 10.5. The number of halogens is 1. The molecule has 0 spiro atoms. The van der Waals surface area contributed by atoms with Crippen molar-refractivity contribution >= 4 is 27.5 Å². The van der Waals surface area contributed by atoms with Crippen LogP contribution in [0.25, 0.3) is 0 Å². The van der Waals surface area contributed by atoms with Gasteiger partial charge in [-0.2, -0.15) is 4.31 Å². The van der Waals surface area contributed by atoms with Crippen LogP contribution < -0.4 is 0 Å². The molecule has 156 valence electrons. The molecule has 2 fully saturated rings. The van der Waals surface area contributed by atoms with Crippen LogP contribution in [0.2, 0.25) is 5.02 Å². The molecule has 0 radical (unpaired) electrons. The largest absolute Gasteiger partial charge is 0.438 e. The number of likely N-dealkylation sites (tertiary alicyclic amines) is 1. The molecule has 1 amide bonds. The van der Waals surface area contributed by atoms with Crippen molar-refractivity contribution in [1.29, 1.82) is 0 Å². The number of benzene rings is 1. The number of hydrogen-bond donors (Lipinski definition) is 0. The van der Waals surface area contributed by atoms with Crippen molar-refractivity contribution in [3.8, 4) is 0 Å². The molecule has 3 heterocycles. The summed E-state index contributed by atoms with van der Waals surface area (Å²) in [4.78, 5) is 14.8.